The predicted molar refractivity (Wildman–Crippen MR) is 98.9 cm³/mol. The lowest BCUT2D eigenvalue weighted by atomic mass is 9.84. The molecule has 0 amide bonds. The first-order chi connectivity index (χ1) is 11.0. The molecule has 1 saturated carbocycles. The van der Waals surface area contributed by atoms with Gasteiger partial charge in [-0.1, -0.05) is 0 Å². The van der Waals surface area contributed by atoms with Crippen molar-refractivity contribution in [3.8, 4) is 0 Å². The summed E-state index contributed by atoms with van der Waals surface area (Å²) in [4.78, 5) is 5.34. The second-order valence-electron chi connectivity index (χ2n) is 8.45. The van der Waals surface area contributed by atoms with Crippen molar-refractivity contribution < 1.29 is 4.74 Å². The lowest BCUT2D eigenvalue weighted by Gasteiger charge is -2.42. The van der Waals surface area contributed by atoms with E-state index in [1.807, 2.05) is 0 Å². The van der Waals surface area contributed by atoms with E-state index < -0.39 is 0 Å². The number of hydrogen-bond acceptors (Lipinski definition) is 3. The van der Waals surface area contributed by atoms with Crippen LogP contribution in [0.3, 0.4) is 0 Å². The second kappa shape index (κ2) is 9.39. The highest BCUT2D eigenvalue weighted by molar-refractivity contribution is 4.81. The Morgan fingerprint density at radius 1 is 1.00 bits per heavy atom. The maximum Gasteiger partial charge on any atom is 0.0578 e. The number of hydrogen-bond donors (Lipinski definition) is 0. The SMILES string of the molecule is CC(C)OC1CCC(CCCN2CCN(C(C)C)C(C)C2)CC1. The first-order valence-corrected chi connectivity index (χ1v) is 10.1. The van der Waals surface area contributed by atoms with Crippen molar-refractivity contribution >= 4 is 0 Å². The van der Waals surface area contributed by atoms with Crippen LogP contribution in [0.25, 0.3) is 0 Å². The van der Waals surface area contributed by atoms with Gasteiger partial charge < -0.3 is 9.64 Å². The summed E-state index contributed by atoms with van der Waals surface area (Å²) < 4.78 is 5.97. The Bertz CT molecular complexity index is 324. The lowest BCUT2D eigenvalue weighted by Crippen LogP contribution is -2.54. The van der Waals surface area contributed by atoms with E-state index in [0.717, 1.165) is 5.92 Å². The van der Waals surface area contributed by atoms with Crippen molar-refractivity contribution in [2.45, 2.75) is 97.4 Å². The largest absolute Gasteiger partial charge is 0.376 e. The highest BCUT2D eigenvalue weighted by Gasteiger charge is 2.26. The molecule has 2 fully saturated rings. The molecule has 3 heteroatoms. The van der Waals surface area contributed by atoms with Gasteiger partial charge in [-0.15, -0.1) is 0 Å². The first-order valence-electron chi connectivity index (χ1n) is 10.1. The van der Waals surface area contributed by atoms with Gasteiger partial charge in [-0.25, -0.2) is 0 Å². The lowest BCUT2D eigenvalue weighted by molar-refractivity contribution is -0.0206. The smallest absolute Gasteiger partial charge is 0.0578 e. The Morgan fingerprint density at radius 2 is 1.70 bits per heavy atom. The van der Waals surface area contributed by atoms with Crippen molar-refractivity contribution in [3.05, 3.63) is 0 Å². The van der Waals surface area contributed by atoms with E-state index in [9.17, 15) is 0 Å². The van der Waals surface area contributed by atoms with Crippen LogP contribution in [0.2, 0.25) is 0 Å². The molecule has 0 bridgehead atoms. The van der Waals surface area contributed by atoms with Crippen LogP contribution in [0.15, 0.2) is 0 Å². The van der Waals surface area contributed by atoms with Gasteiger partial charge in [0.25, 0.3) is 0 Å². The summed E-state index contributed by atoms with van der Waals surface area (Å²) in [6, 6.07) is 1.41. The Hall–Kier alpha value is -0.120. The predicted octanol–water partition coefficient (Wildman–Crippen LogP) is 4.16. The molecule has 2 rings (SSSR count). The summed E-state index contributed by atoms with van der Waals surface area (Å²) in [5.74, 6) is 0.955. The van der Waals surface area contributed by atoms with Crippen LogP contribution in [-0.2, 0) is 4.74 Å². The van der Waals surface area contributed by atoms with Crippen LogP contribution in [-0.4, -0.2) is 60.3 Å². The fourth-order valence-electron chi connectivity index (χ4n) is 4.56. The van der Waals surface area contributed by atoms with E-state index in [1.165, 1.54) is 64.7 Å². The number of nitrogens with zero attached hydrogens (tertiary/aromatic N) is 2. The topological polar surface area (TPSA) is 15.7 Å². The van der Waals surface area contributed by atoms with Crippen LogP contribution in [0.1, 0.15) is 73.1 Å². The summed E-state index contributed by atoms with van der Waals surface area (Å²) in [5, 5.41) is 0. The van der Waals surface area contributed by atoms with E-state index in [2.05, 4.69) is 44.4 Å². The maximum absolute atomic E-state index is 5.97. The van der Waals surface area contributed by atoms with Gasteiger partial charge in [-0.2, -0.15) is 0 Å². The van der Waals surface area contributed by atoms with E-state index >= 15 is 0 Å². The number of ether oxygens (including phenoxy) is 1. The van der Waals surface area contributed by atoms with Gasteiger partial charge >= 0.3 is 0 Å². The Kier molecular flexibility index (Phi) is 7.84. The molecule has 0 aromatic carbocycles. The molecule has 0 aromatic heterocycles. The molecule has 0 N–H and O–H groups in total. The molecular weight excluding hydrogens is 284 g/mol. The average Bonchev–Trinajstić information content (AvgIpc) is 2.48. The molecule has 1 aliphatic carbocycles. The quantitative estimate of drug-likeness (QED) is 0.699. The molecule has 1 unspecified atom stereocenters. The van der Waals surface area contributed by atoms with Gasteiger partial charge in [0.15, 0.2) is 0 Å². The minimum absolute atomic E-state index is 0.392. The molecule has 0 radical (unpaired) electrons. The second-order valence-corrected chi connectivity index (χ2v) is 8.45. The fourth-order valence-corrected chi connectivity index (χ4v) is 4.56. The van der Waals surface area contributed by atoms with Crippen molar-refractivity contribution in [1.82, 2.24) is 9.80 Å². The molecular formula is C20H40N2O. The van der Waals surface area contributed by atoms with E-state index in [0.29, 0.717) is 24.3 Å². The summed E-state index contributed by atoms with van der Waals surface area (Å²) in [6.45, 7) is 16.4. The van der Waals surface area contributed by atoms with Gasteiger partial charge in [0.2, 0.25) is 0 Å². The zero-order chi connectivity index (χ0) is 16.8. The van der Waals surface area contributed by atoms with Gasteiger partial charge in [0.05, 0.1) is 12.2 Å². The molecule has 23 heavy (non-hydrogen) atoms. The normalized spacial score (nSPS) is 31.2. The fraction of sp³-hybridized carbons (Fsp3) is 1.00. The highest BCUT2D eigenvalue weighted by atomic mass is 16.5. The summed E-state index contributed by atoms with van der Waals surface area (Å²) in [6.07, 6.45) is 9.07. The van der Waals surface area contributed by atoms with Gasteiger partial charge in [0, 0.05) is 31.7 Å². The Labute approximate surface area is 144 Å². The zero-order valence-electron chi connectivity index (χ0n) is 16.3. The third-order valence-electron chi connectivity index (χ3n) is 5.77. The molecule has 1 heterocycles. The van der Waals surface area contributed by atoms with Crippen LogP contribution < -0.4 is 0 Å². The standard InChI is InChI=1S/C20H40N2O/c1-16(2)22-14-13-21(15-18(22)5)12-6-7-19-8-10-20(11-9-19)23-17(3)4/h16-20H,6-15H2,1-5H3. The van der Waals surface area contributed by atoms with Gasteiger partial charge in [-0.05, 0) is 85.6 Å². The minimum atomic E-state index is 0.392. The van der Waals surface area contributed by atoms with Crippen LogP contribution in [0.4, 0.5) is 0 Å². The van der Waals surface area contributed by atoms with Gasteiger partial charge in [-0.3, -0.25) is 4.90 Å². The van der Waals surface area contributed by atoms with Crippen LogP contribution in [0, 0.1) is 5.92 Å². The first kappa shape index (κ1) is 19.2. The Morgan fingerprint density at radius 3 is 2.26 bits per heavy atom. The molecule has 1 saturated heterocycles. The zero-order valence-corrected chi connectivity index (χ0v) is 16.3. The van der Waals surface area contributed by atoms with Crippen molar-refractivity contribution in [2.75, 3.05) is 26.2 Å². The van der Waals surface area contributed by atoms with E-state index in [-0.39, 0.29) is 0 Å². The summed E-state index contributed by atoms with van der Waals surface area (Å²) >= 11 is 0. The van der Waals surface area contributed by atoms with Gasteiger partial charge in [0.1, 0.15) is 0 Å². The van der Waals surface area contributed by atoms with Crippen LogP contribution >= 0.6 is 0 Å². The monoisotopic (exact) mass is 324 g/mol. The maximum atomic E-state index is 5.97. The minimum Gasteiger partial charge on any atom is -0.376 e. The summed E-state index contributed by atoms with van der Waals surface area (Å²) in [5.41, 5.74) is 0. The molecule has 2 aliphatic rings. The third-order valence-corrected chi connectivity index (χ3v) is 5.77. The highest BCUT2D eigenvalue weighted by Crippen LogP contribution is 2.30. The number of rotatable bonds is 7. The molecule has 0 spiro atoms. The molecule has 0 aromatic rings. The van der Waals surface area contributed by atoms with Crippen molar-refractivity contribution in [2.24, 2.45) is 5.92 Å². The number of piperazine rings is 1. The van der Waals surface area contributed by atoms with Crippen molar-refractivity contribution in [3.63, 3.8) is 0 Å². The molecule has 1 atom stereocenters. The molecule has 1 aliphatic heterocycles. The van der Waals surface area contributed by atoms with Crippen molar-refractivity contribution in [1.29, 1.82) is 0 Å². The molecule has 3 nitrogen and oxygen atoms in total. The van der Waals surface area contributed by atoms with Crippen LogP contribution in [0.5, 0.6) is 0 Å². The Balaban J connectivity index is 1.58. The van der Waals surface area contributed by atoms with E-state index in [4.69, 9.17) is 4.74 Å². The average molecular weight is 325 g/mol. The third kappa shape index (κ3) is 6.36. The van der Waals surface area contributed by atoms with E-state index in [1.54, 1.807) is 0 Å². The summed E-state index contributed by atoms with van der Waals surface area (Å²) in [7, 11) is 0. The molecule has 136 valence electrons.